The molecule has 1 fully saturated rings. The fourth-order valence-electron chi connectivity index (χ4n) is 2.00. The number of hydrogen-bond acceptors (Lipinski definition) is 4. The highest BCUT2D eigenvalue weighted by molar-refractivity contribution is 7.91. The Bertz CT molecular complexity index is 330. The van der Waals surface area contributed by atoms with Crippen LogP contribution in [0.3, 0.4) is 0 Å². The normalized spacial score (nSPS) is 25.7. The first-order valence-corrected chi connectivity index (χ1v) is 6.71. The van der Waals surface area contributed by atoms with E-state index in [1.807, 2.05) is 0 Å². The molecule has 0 amide bonds. The molecule has 6 heteroatoms. The first-order chi connectivity index (χ1) is 6.77. The minimum absolute atomic E-state index is 0.0913. The Labute approximate surface area is 89.0 Å². The van der Waals surface area contributed by atoms with Gasteiger partial charge in [-0.15, -0.1) is 0 Å². The van der Waals surface area contributed by atoms with Gasteiger partial charge >= 0.3 is 5.97 Å². The second kappa shape index (κ2) is 4.09. The average molecular weight is 236 g/mol. The molecular weight excluding hydrogens is 220 g/mol. The van der Waals surface area contributed by atoms with Crippen LogP contribution in [0.15, 0.2) is 0 Å². The number of aliphatic carboxylic acids is 1. The van der Waals surface area contributed by atoms with Gasteiger partial charge in [0.2, 0.25) is 0 Å². The first kappa shape index (κ1) is 12.4. The summed E-state index contributed by atoms with van der Waals surface area (Å²) in [7, 11) is -3.07. The number of carboxylic acids is 1. The van der Waals surface area contributed by atoms with Gasteiger partial charge < -0.3 is 10.2 Å². The number of carboxylic acid groups (broad SMARTS) is 1. The molecule has 1 saturated heterocycles. The van der Waals surface area contributed by atoms with Crippen molar-refractivity contribution in [2.45, 2.75) is 32.3 Å². The van der Waals surface area contributed by atoms with Crippen LogP contribution in [0.1, 0.15) is 26.2 Å². The highest BCUT2D eigenvalue weighted by Gasteiger charge is 2.44. The van der Waals surface area contributed by atoms with Gasteiger partial charge in [0, 0.05) is 0 Å². The van der Waals surface area contributed by atoms with Crippen molar-refractivity contribution < 1.29 is 23.4 Å². The summed E-state index contributed by atoms with van der Waals surface area (Å²) in [5.74, 6) is -1.18. The lowest BCUT2D eigenvalue weighted by Gasteiger charge is -2.33. The number of aliphatic hydroxyl groups excluding tert-OH is 1. The van der Waals surface area contributed by atoms with Crippen molar-refractivity contribution in [2.75, 3.05) is 11.5 Å². The van der Waals surface area contributed by atoms with Crippen molar-refractivity contribution in [2.24, 2.45) is 5.41 Å². The van der Waals surface area contributed by atoms with Gasteiger partial charge in [-0.2, -0.15) is 0 Å². The van der Waals surface area contributed by atoms with E-state index in [9.17, 15) is 18.3 Å². The Kier molecular flexibility index (Phi) is 3.40. The number of aliphatic hydroxyl groups is 1. The zero-order valence-electron chi connectivity index (χ0n) is 8.64. The van der Waals surface area contributed by atoms with E-state index < -0.39 is 27.3 Å². The maximum absolute atomic E-state index is 11.2. The van der Waals surface area contributed by atoms with Crippen LogP contribution in [0.5, 0.6) is 0 Å². The van der Waals surface area contributed by atoms with Gasteiger partial charge in [0.05, 0.1) is 23.0 Å². The molecule has 5 nitrogen and oxygen atoms in total. The van der Waals surface area contributed by atoms with Gasteiger partial charge in [0.25, 0.3) is 0 Å². The van der Waals surface area contributed by atoms with Gasteiger partial charge in [0.15, 0.2) is 0 Å². The summed E-state index contributed by atoms with van der Waals surface area (Å²) in [5, 5.41) is 18.3. The Morgan fingerprint density at radius 1 is 1.40 bits per heavy atom. The molecule has 0 radical (unpaired) electrons. The molecule has 15 heavy (non-hydrogen) atoms. The summed E-state index contributed by atoms with van der Waals surface area (Å²) in [6, 6.07) is 0. The fraction of sp³-hybridized carbons (Fsp3) is 0.889. The predicted octanol–water partition coefficient (Wildman–Crippen LogP) is 0.0369. The molecule has 1 heterocycles. The van der Waals surface area contributed by atoms with Crippen LogP contribution in [0.25, 0.3) is 0 Å². The zero-order valence-corrected chi connectivity index (χ0v) is 9.46. The molecule has 0 aliphatic carbocycles. The Morgan fingerprint density at radius 3 is 2.20 bits per heavy atom. The first-order valence-electron chi connectivity index (χ1n) is 4.89. The molecule has 88 valence electrons. The summed E-state index contributed by atoms with van der Waals surface area (Å²) in [6.07, 6.45) is -0.384. The Morgan fingerprint density at radius 2 is 1.87 bits per heavy atom. The van der Waals surface area contributed by atoms with E-state index in [1.54, 1.807) is 0 Å². The second-order valence-electron chi connectivity index (χ2n) is 4.29. The van der Waals surface area contributed by atoms with Crippen molar-refractivity contribution in [1.29, 1.82) is 0 Å². The number of hydrogen-bond donors (Lipinski definition) is 2. The number of sulfone groups is 1. The minimum atomic E-state index is -3.07. The molecule has 2 N–H and O–H groups in total. The van der Waals surface area contributed by atoms with Crippen molar-refractivity contribution in [3.8, 4) is 0 Å². The molecular formula is C9H16O5S. The maximum atomic E-state index is 11.2. The third kappa shape index (κ3) is 2.92. The van der Waals surface area contributed by atoms with Gasteiger partial charge in [0.1, 0.15) is 9.84 Å². The van der Waals surface area contributed by atoms with Crippen LogP contribution in [0.4, 0.5) is 0 Å². The molecule has 0 aromatic carbocycles. The quantitative estimate of drug-likeness (QED) is 0.721. The molecule has 1 aliphatic heterocycles. The number of rotatable bonds is 3. The topological polar surface area (TPSA) is 91.7 Å². The van der Waals surface area contributed by atoms with Crippen LogP contribution in [-0.2, 0) is 14.6 Å². The van der Waals surface area contributed by atoms with Crippen LogP contribution in [0, 0.1) is 5.41 Å². The number of carbonyl (C=O) groups is 1. The summed E-state index contributed by atoms with van der Waals surface area (Å²) >= 11 is 0. The van der Waals surface area contributed by atoms with E-state index in [2.05, 4.69) is 0 Å². The van der Waals surface area contributed by atoms with Crippen molar-refractivity contribution in [3.05, 3.63) is 0 Å². The molecule has 1 aliphatic rings. The Hall–Kier alpha value is -0.620. The maximum Gasteiger partial charge on any atom is 0.309 e. The molecule has 0 spiro atoms. The van der Waals surface area contributed by atoms with E-state index in [0.29, 0.717) is 0 Å². The fourth-order valence-corrected chi connectivity index (χ4v) is 3.61. The lowest BCUT2D eigenvalue weighted by Crippen LogP contribution is -2.41. The van der Waals surface area contributed by atoms with Crippen LogP contribution in [-0.4, -0.2) is 42.2 Å². The van der Waals surface area contributed by atoms with E-state index in [0.717, 1.165) is 0 Å². The van der Waals surface area contributed by atoms with Crippen molar-refractivity contribution in [3.63, 3.8) is 0 Å². The average Bonchev–Trinajstić information content (AvgIpc) is 2.08. The summed E-state index contributed by atoms with van der Waals surface area (Å²) in [4.78, 5) is 11.1. The van der Waals surface area contributed by atoms with Gasteiger partial charge in [-0.3, -0.25) is 4.79 Å². The van der Waals surface area contributed by atoms with Gasteiger partial charge in [-0.1, -0.05) is 0 Å². The van der Waals surface area contributed by atoms with E-state index >= 15 is 0 Å². The molecule has 1 unspecified atom stereocenters. The lowest BCUT2D eigenvalue weighted by molar-refractivity contribution is -0.151. The van der Waals surface area contributed by atoms with Crippen LogP contribution in [0.2, 0.25) is 0 Å². The van der Waals surface area contributed by atoms with Gasteiger partial charge in [-0.05, 0) is 26.2 Å². The van der Waals surface area contributed by atoms with E-state index in [1.165, 1.54) is 6.92 Å². The van der Waals surface area contributed by atoms with Crippen molar-refractivity contribution >= 4 is 15.8 Å². The molecule has 0 saturated carbocycles. The molecule has 0 aromatic rings. The SMILES string of the molecule is CC(O)CC1(C(=O)O)CCS(=O)(=O)CC1. The zero-order chi connectivity index (χ0) is 11.7. The van der Waals surface area contributed by atoms with Crippen LogP contribution < -0.4 is 0 Å². The second-order valence-corrected chi connectivity index (χ2v) is 6.59. The highest BCUT2D eigenvalue weighted by atomic mass is 32.2. The molecule has 0 bridgehead atoms. The summed E-state index contributed by atoms with van der Waals surface area (Å²) in [6.45, 7) is 1.52. The summed E-state index contributed by atoms with van der Waals surface area (Å²) < 4.78 is 22.4. The lowest BCUT2D eigenvalue weighted by atomic mass is 9.77. The van der Waals surface area contributed by atoms with E-state index in [-0.39, 0.29) is 30.8 Å². The Balaban J connectivity index is 2.82. The third-order valence-electron chi connectivity index (χ3n) is 2.92. The molecule has 1 atom stereocenters. The van der Waals surface area contributed by atoms with Crippen molar-refractivity contribution in [1.82, 2.24) is 0 Å². The molecule has 1 rings (SSSR count). The third-order valence-corrected chi connectivity index (χ3v) is 4.58. The highest BCUT2D eigenvalue weighted by Crippen LogP contribution is 2.37. The van der Waals surface area contributed by atoms with E-state index in [4.69, 9.17) is 5.11 Å². The predicted molar refractivity (Wildman–Crippen MR) is 54.3 cm³/mol. The smallest absolute Gasteiger partial charge is 0.309 e. The summed E-state index contributed by atoms with van der Waals surface area (Å²) in [5.41, 5.74) is -1.06. The monoisotopic (exact) mass is 236 g/mol. The van der Waals surface area contributed by atoms with Gasteiger partial charge in [-0.25, -0.2) is 8.42 Å². The largest absolute Gasteiger partial charge is 0.481 e. The molecule has 0 aromatic heterocycles. The standard InChI is InChI=1S/C9H16O5S/c1-7(10)6-9(8(11)12)2-4-15(13,14)5-3-9/h7,10H,2-6H2,1H3,(H,11,12). The minimum Gasteiger partial charge on any atom is -0.481 e. The van der Waals surface area contributed by atoms with Crippen LogP contribution >= 0.6 is 0 Å².